The third-order valence-electron chi connectivity index (χ3n) is 8.51. The molecule has 2 aliphatic heterocycles. The van der Waals surface area contributed by atoms with Crippen LogP contribution >= 0.6 is 11.6 Å². The van der Waals surface area contributed by atoms with Crippen molar-refractivity contribution in [2.75, 3.05) is 43.9 Å². The molecule has 0 bridgehead atoms. The molecule has 7 rings (SSSR count). The number of carboxylic acid groups (broad SMARTS) is 1. The Kier molecular flexibility index (Phi) is 5.55. The van der Waals surface area contributed by atoms with Gasteiger partial charge in [-0.1, -0.05) is 11.6 Å². The number of hydrogen-bond donors (Lipinski definition) is 3. The van der Waals surface area contributed by atoms with Crippen LogP contribution in [0, 0.1) is 5.92 Å². The topological polar surface area (TPSA) is 119 Å². The van der Waals surface area contributed by atoms with Crippen molar-refractivity contribution in [3.8, 4) is 11.1 Å². The van der Waals surface area contributed by atoms with Crippen molar-refractivity contribution in [3.05, 3.63) is 57.6 Å². The standard InChI is InChI=1S/C29H28ClN7O3/c1-31-21-8-16(30)7-17-23-25(37-5-4-14-11-35(2)13-22(14)37)19(10-32-27(23)34-24(17)21)15-6-18-26(38)20(29(39)40)12-36(3)28(18)33-9-15/h6-10,12,14,22,31H,4-5,11,13H2,1-3H3,(H,32,34)(H,39,40). The SMILES string of the molecule is CNc1cc(Cl)cc2c1[nH]c1ncc(-c3cnc4c(c3)c(=O)c(C(=O)O)cn4C)c(N3CCC4CN(C)CC43)c12. The highest BCUT2D eigenvalue weighted by molar-refractivity contribution is 6.33. The number of aromatic amines is 1. The van der Waals surface area contributed by atoms with Gasteiger partial charge in [-0.2, -0.15) is 0 Å². The molecule has 10 nitrogen and oxygen atoms in total. The first-order chi connectivity index (χ1) is 19.2. The smallest absolute Gasteiger partial charge is 0.341 e. The lowest BCUT2D eigenvalue weighted by molar-refractivity contribution is 0.0695. The number of nitrogens with zero attached hydrogens (tertiary/aromatic N) is 5. The minimum absolute atomic E-state index is 0.255. The Hall–Kier alpha value is -4.15. The number of carbonyl (C=O) groups is 1. The summed E-state index contributed by atoms with van der Waals surface area (Å²) < 4.78 is 1.58. The number of aromatic nitrogens is 4. The van der Waals surface area contributed by atoms with Crippen molar-refractivity contribution >= 4 is 61.9 Å². The van der Waals surface area contributed by atoms with Crippen LogP contribution < -0.4 is 15.6 Å². The maximum Gasteiger partial charge on any atom is 0.341 e. The lowest BCUT2D eigenvalue weighted by atomic mass is 10.00. The number of likely N-dealkylation sites (N-methyl/N-ethyl adjacent to an activating group) is 1. The molecule has 40 heavy (non-hydrogen) atoms. The van der Waals surface area contributed by atoms with E-state index in [2.05, 4.69) is 32.1 Å². The van der Waals surface area contributed by atoms with Gasteiger partial charge in [0.25, 0.3) is 0 Å². The fraction of sp³-hybridized carbons (Fsp3) is 0.310. The van der Waals surface area contributed by atoms with E-state index in [0.29, 0.717) is 28.2 Å². The lowest BCUT2D eigenvalue weighted by Gasteiger charge is -2.29. The van der Waals surface area contributed by atoms with Crippen LogP contribution in [0.3, 0.4) is 0 Å². The van der Waals surface area contributed by atoms with Gasteiger partial charge in [-0.25, -0.2) is 14.8 Å². The number of hydrogen-bond acceptors (Lipinski definition) is 7. The predicted octanol–water partition coefficient (Wildman–Crippen LogP) is 4.16. The number of carboxylic acids is 1. The second-order valence-corrected chi connectivity index (χ2v) is 11.3. The van der Waals surface area contributed by atoms with Gasteiger partial charge in [0.2, 0.25) is 5.43 Å². The first kappa shape index (κ1) is 24.9. The minimum Gasteiger partial charge on any atom is -0.477 e. The summed E-state index contributed by atoms with van der Waals surface area (Å²) in [6.07, 6.45) is 5.97. The molecule has 0 spiro atoms. The summed E-state index contributed by atoms with van der Waals surface area (Å²) >= 11 is 6.59. The van der Waals surface area contributed by atoms with E-state index in [1.807, 2.05) is 25.4 Å². The van der Waals surface area contributed by atoms with E-state index in [4.69, 9.17) is 16.6 Å². The molecule has 0 amide bonds. The number of halogens is 1. The number of anilines is 2. The summed E-state index contributed by atoms with van der Waals surface area (Å²) in [5, 5.41) is 15.7. The Balaban J connectivity index is 1.55. The van der Waals surface area contributed by atoms with Crippen LogP contribution in [-0.4, -0.2) is 75.3 Å². The number of pyridine rings is 3. The normalized spacial score (nSPS) is 19.2. The highest BCUT2D eigenvalue weighted by Crippen LogP contribution is 2.46. The fourth-order valence-electron chi connectivity index (χ4n) is 6.73. The number of aryl methyl sites for hydroxylation is 1. The molecule has 5 aromatic rings. The van der Waals surface area contributed by atoms with Gasteiger partial charge in [-0.15, -0.1) is 0 Å². The van der Waals surface area contributed by atoms with Gasteiger partial charge in [-0.3, -0.25) is 4.79 Å². The maximum absolute atomic E-state index is 13.2. The molecule has 2 saturated heterocycles. The van der Waals surface area contributed by atoms with Crippen molar-refractivity contribution in [2.45, 2.75) is 12.5 Å². The summed E-state index contributed by atoms with van der Waals surface area (Å²) in [6.45, 7) is 2.91. The molecule has 3 N–H and O–H groups in total. The predicted molar refractivity (Wildman–Crippen MR) is 158 cm³/mol. The first-order valence-corrected chi connectivity index (χ1v) is 13.6. The van der Waals surface area contributed by atoms with E-state index >= 15 is 0 Å². The number of likely N-dealkylation sites (tertiary alicyclic amines) is 1. The Morgan fingerprint density at radius 2 is 1.98 bits per heavy atom. The van der Waals surface area contributed by atoms with E-state index < -0.39 is 11.4 Å². The van der Waals surface area contributed by atoms with Crippen molar-refractivity contribution < 1.29 is 9.90 Å². The molecule has 4 aromatic heterocycles. The number of fused-ring (bicyclic) bond motifs is 5. The Morgan fingerprint density at radius 3 is 2.75 bits per heavy atom. The van der Waals surface area contributed by atoms with Gasteiger partial charge >= 0.3 is 5.97 Å². The minimum atomic E-state index is -1.26. The third-order valence-corrected chi connectivity index (χ3v) is 8.73. The number of rotatable bonds is 4. The fourth-order valence-corrected chi connectivity index (χ4v) is 6.95. The third kappa shape index (κ3) is 3.59. The molecule has 0 saturated carbocycles. The summed E-state index contributed by atoms with van der Waals surface area (Å²) in [7, 11) is 5.71. The van der Waals surface area contributed by atoms with Gasteiger partial charge in [0, 0.05) is 79.9 Å². The molecule has 2 unspecified atom stereocenters. The molecule has 11 heteroatoms. The highest BCUT2D eigenvalue weighted by atomic mass is 35.5. The zero-order valence-corrected chi connectivity index (χ0v) is 23.1. The second kappa shape index (κ2) is 8.94. The summed E-state index contributed by atoms with van der Waals surface area (Å²) in [5.74, 6) is -0.705. The quantitative estimate of drug-likeness (QED) is 0.301. The molecule has 204 valence electrons. The summed E-state index contributed by atoms with van der Waals surface area (Å²) in [6, 6.07) is 5.94. The van der Waals surface area contributed by atoms with Crippen LogP contribution in [0.5, 0.6) is 0 Å². The van der Waals surface area contributed by atoms with Gasteiger partial charge in [0.05, 0.1) is 27.7 Å². The molecule has 1 aromatic carbocycles. The van der Waals surface area contributed by atoms with Crippen LogP contribution in [-0.2, 0) is 7.05 Å². The van der Waals surface area contributed by atoms with Crippen molar-refractivity contribution in [3.63, 3.8) is 0 Å². The van der Waals surface area contributed by atoms with Crippen LogP contribution in [0.1, 0.15) is 16.8 Å². The van der Waals surface area contributed by atoms with E-state index in [-0.39, 0.29) is 10.9 Å². The number of nitrogens with one attached hydrogen (secondary N) is 2. The molecule has 2 atom stereocenters. The average molecular weight is 558 g/mol. The molecule has 0 aliphatic carbocycles. The van der Waals surface area contributed by atoms with E-state index in [9.17, 15) is 14.7 Å². The molecule has 2 aliphatic rings. The number of benzene rings is 1. The molecular formula is C29H28ClN7O3. The maximum atomic E-state index is 13.2. The van der Waals surface area contributed by atoms with Crippen molar-refractivity contribution in [2.24, 2.45) is 13.0 Å². The van der Waals surface area contributed by atoms with Gasteiger partial charge in [0.1, 0.15) is 16.9 Å². The first-order valence-electron chi connectivity index (χ1n) is 13.2. The zero-order valence-electron chi connectivity index (χ0n) is 22.3. The molecule has 6 heterocycles. The van der Waals surface area contributed by atoms with Gasteiger partial charge in [0.15, 0.2) is 0 Å². The van der Waals surface area contributed by atoms with Gasteiger partial charge in [-0.05, 0) is 37.6 Å². The summed E-state index contributed by atoms with van der Waals surface area (Å²) in [5.41, 5.74) is 4.70. The van der Waals surface area contributed by atoms with Crippen LogP contribution in [0.2, 0.25) is 5.02 Å². The monoisotopic (exact) mass is 557 g/mol. The largest absolute Gasteiger partial charge is 0.477 e. The van der Waals surface area contributed by atoms with Crippen LogP contribution in [0.4, 0.5) is 11.4 Å². The number of H-pyrrole nitrogens is 1. The van der Waals surface area contributed by atoms with E-state index in [0.717, 1.165) is 64.9 Å². The van der Waals surface area contributed by atoms with Gasteiger partial charge < -0.3 is 29.8 Å². The average Bonchev–Trinajstić information content (AvgIpc) is 3.61. The number of aromatic carboxylic acids is 1. The zero-order chi connectivity index (χ0) is 27.9. The molecule has 2 fully saturated rings. The lowest BCUT2D eigenvalue weighted by Crippen LogP contribution is -2.35. The summed E-state index contributed by atoms with van der Waals surface area (Å²) in [4.78, 5) is 42.8. The Labute approximate surface area is 234 Å². The van der Waals surface area contributed by atoms with Crippen molar-refractivity contribution in [1.29, 1.82) is 0 Å². The van der Waals surface area contributed by atoms with Crippen LogP contribution in [0.15, 0.2) is 41.6 Å². The Bertz CT molecular complexity index is 1930. The van der Waals surface area contributed by atoms with Crippen LogP contribution in [0.25, 0.3) is 44.1 Å². The second-order valence-electron chi connectivity index (χ2n) is 10.9. The highest BCUT2D eigenvalue weighted by Gasteiger charge is 2.41. The molecule has 0 radical (unpaired) electrons. The Morgan fingerprint density at radius 1 is 1.15 bits per heavy atom. The van der Waals surface area contributed by atoms with Crippen molar-refractivity contribution in [1.82, 2.24) is 24.4 Å². The van der Waals surface area contributed by atoms with E-state index in [1.165, 1.54) is 6.20 Å². The van der Waals surface area contributed by atoms with E-state index in [1.54, 1.807) is 23.9 Å². The molecular weight excluding hydrogens is 530 g/mol.